The van der Waals surface area contributed by atoms with Gasteiger partial charge in [-0.05, 0) is 108 Å². The van der Waals surface area contributed by atoms with Crippen molar-refractivity contribution in [2.75, 3.05) is 105 Å². The number of amides is 9. The molecule has 2 saturated heterocycles. The quantitative estimate of drug-likeness (QED) is 0.00777. The number of anilines is 1. The number of quaternary nitrogens is 1. The number of nitrogens with two attached hydrogens (primary N) is 1. The van der Waals surface area contributed by atoms with Gasteiger partial charge in [0.15, 0.2) is 17.6 Å². The van der Waals surface area contributed by atoms with E-state index in [0.717, 1.165) is 9.80 Å². The second-order valence-corrected chi connectivity index (χ2v) is 32.8. The van der Waals surface area contributed by atoms with Crippen LogP contribution in [0.15, 0.2) is 122 Å². The second kappa shape index (κ2) is 42.4. The van der Waals surface area contributed by atoms with Gasteiger partial charge in [-0.3, -0.25) is 43.1 Å². The number of likely N-dealkylation sites (N-methyl/N-ethyl adjacent to an activating group) is 1. The average molecular weight is 1750 g/mol. The van der Waals surface area contributed by atoms with E-state index < -0.39 is 112 Å². The summed E-state index contributed by atoms with van der Waals surface area (Å²) in [5.41, 5.74) is 10.8. The number of hydrogen-bond donors (Lipinski definition) is 9. The number of benzene rings is 5. The van der Waals surface area contributed by atoms with E-state index in [0.29, 0.717) is 132 Å². The van der Waals surface area contributed by atoms with Gasteiger partial charge in [0.2, 0.25) is 47.4 Å². The molecule has 2 aliphatic rings. The molecule has 0 radical (unpaired) electrons. The molecule has 1 unspecified atom stereocenters. The minimum Gasteiger partial charge on any atom is -0.496 e. The lowest BCUT2D eigenvalue weighted by molar-refractivity contribution is -0.926. The summed E-state index contributed by atoms with van der Waals surface area (Å²) < 4.78 is 82.5. The van der Waals surface area contributed by atoms with Crippen molar-refractivity contribution >= 4 is 108 Å². The Bertz CT molecular complexity index is 5270. The summed E-state index contributed by atoms with van der Waals surface area (Å²) in [7, 11) is 0.102. The minimum absolute atomic E-state index is 0.0122. The molecule has 3 aromatic heterocycles. The number of aliphatic carboxylic acids is 2. The van der Waals surface area contributed by atoms with Crippen molar-refractivity contribution in [1.29, 1.82) is 0 Å². The largest absolute Gasteiger partial charge is 0.496 e. The van der Waals surface area contributed by atoms with Crippen molar-refractivity contribution in [2.24, 2.45) is 17.6 Å². The van der Waals surface area contributed by atoms with E-state index in [4.69, 9.17) is 55.3 Å². The maximum Gasteiger partial charge on any atom is 0.409 e. The third-order valence-electron chi connectivity index (χ3n) is 20.4. The number of nitrogens with zero attached hydrogens (tertiary/aromatic N) is 8. The van der Waals surface area contributed by atoms with Crippen LogP contribution in [-0.2, 0) is 84.1 Å². The van der Waals surface area contributed by atoms with Crippen LogP contribution in [0, 0.1) is 24.6 Å². The first-order valence-corrected chi connectivity index (χ1v) is 41.9. The maximum absolute atomic E-state index is 14.6. The van der Waals surface area contributed by atoms with Gasteiger partial charge in [0.1, 0.15) is 72.7 Å². The second-order valence-electron chi connectivity index (χ2n) is 30.0. The molecule has 0 aliphatic carbocycles. The Morgan fingerprint density at radius 3 is 2.22 bits per heavy atom. The summed E-state index contributed by atoms with van der Waals surface area (Å²) in [6, 6.07) is 25.4. The lowest BCUT2D eigenvalue weighted by Crippen LogP contribution is -2.57. The molecule has 650 valence electrons. The molecule has 122 heavy (non-hydrogen) atoms. The van der Waals surface area contributed by atoms with Gasteiger partial charge in [-0.1, -0.05) is 87.0 Å². The van der Waals surface area contributed by atoms with Gasteiger partial charge in [0, 0.05) is 92.8 Å². The summed E-state index contributed by atoms with van der Waals surface area (Å²) in [6.45, 7) is 9.00. The van der Waals surface area contributed by atoms with Gasteiger partial charge >= 0.3 is 24.1 Å². The van der Waals surface area contributed by atoms with Crippen molar-refractivity contribution in [3.63, 3.8) is 0 Å². The van der Waals surface area contributed by atoms with E-state index in [-0.39, 0.29) is 107 Å². The zero-order valence-electron chi connectivity index (χ0n) is 68.1. The van der Waals surface area contributed by atoms with E-state index in [9.17, 15) is 71.0 Å². The van der Waals surface area contributed by atoms with Crippen LogP contribution in [0.3, 0.4) is 0 Å². The number of ether oxygens (including phenoxy) is 6. The highest BCUT2D eigenvalue weighted by Crippen LogP contribution is 2.50. The van der Waals surface area contributed by atoms with Gasteiger partial charge in [-0.25, -0.2) is 43.5 Å². The van der Waals surface area contributed by atoms with E-state index in [1.54, 1.807) is 101 Å². The number of carboxylic acids is 2. The monoisotopic (exact) mass is 1740 g/mol. The summed E-state index contributed by atoms with van der Waals surface area (Å²) >= 11 is 8.57. The average Bonchev–Trinajstić information content (AvgIpc) is 1.54. The number of para-hydroxylation sites is 2. The molecule has 0 saturated carbocycles. The predicted molar refractivity (Wildman–Crippen MR) is 445 cm³/mol. The topological polar surface area (TPSA) is 468 Å². The Balaban J connectivity index is 0.820. The van der Waals surface area contributed by atoms with Crippen LogP contribution >= 0.6 is 22.9 Å². The number of carboxylic acid groups (broad SMARTS) is 2. The summed E-state index contributed by atoms with van der Waals surface area (Å²) in [5.74, 6) is -8.05. The molecule has 2 aliphatic heterocycles. The van der Waals surface area contributed by atoms with Crippen molar-refractivity contribution in [3.8, 4) is 56.1 Å². The number of imide groups is 1. The summed E-state index contributed by atoms with van der Waals surface area (Å²) in [4.78, 5) is 153. The number of likely N-dealkylation sites (tertiary alicyclic amines) is 1. The smallest absolute Gasteiger partial charge is 0.409 e. The summed E-state index contributed by atoms with van der Waals surface area (Å²) in [5, 5.41) is 34.0. The van der Waals surface area contributed by atoms with Crippen LogP contribution in [0.1, 0.15) is 74.4 Å². The number of primary amides is 1. The normalized spacial score (nSPS) is 15.0. The molecule has 0 bridgehead atoms. The third kappa shape index (κ3) is 25.3. The zero-order valence-corrected chi connectivity index (χ0v) is 70.5. The van der Waals surface area contributed by atoms with Gasteiger partial charge in [-0.2, -0.15) is 8.42 Å². The SMILES string of the molecule is COc1ccccc1-c1nccc(COc2ccccc2C[C@@H](Oc2ncnc3sc(-c4ccc(F)cc4)c(-c4ccc(OCCN5CC[N+](C)(Cc6ccc(NC(=O)[C@H](CCCNC(N)=O)NC(=O)[C@@H](NC(=O)CCOCCN7C(=O)CC(C)C7=O)C(C)C)cc6CN(C)C(=O)OC[C@H](NC(=O)CS(=O)(=O)O)C(=O)O)CC5)c(Cl)c4C)c23)C(=O)O)n1. The molecule has 5 aromatic carbocycles. The predicted octanol–water partition coefficient (Wildman–Crippen LogP) is 7.43. The molecular formula is C83H97ClFN14O21S2+. The highest BCUT2D eigenvalue weighted by Gasteiger charge is 2.37. The van der Waals surface area contributed by atoms with Gasteiger partial charge < -0.3 is 80.3 Å². The molecule has 5 heterocycles. The highest BCUT2D eigenvalue weighted by molar-refractivity contribution is 7.86. The molecule has 0 spiro atoms. The number of thiophene rings is 1. The van der Waals surface area contributed by atoms with E-state index in [1.165, 1.54) is 36.8 Å². The van der Waals surface area contributed by atoms with Crippen LogP contribution < -0.4 is 51.3 Å². The van der Waals surface area contributed by atoms with Crippen LogP contribution in [0.25, 0.3) is 43.2 Å². The first kappa shape index (κ1) is 92.2. The van der Waals surface area contributed by atoms with Gasteiger partial charge in [0.25, 0.3) is 10.1 Å². The van der Waals surface area contributed by atoms with Crippen LogP contribution in [0.4, 0.5) is 19.7 Å². The van der Waals surface area contributed by atoms with Crippen molar-refractivity contribution in [3.05, 3.63) is 161 Å². The number of fused-ring (bicyclic) bond motifs is 1. The lowest BCUT2D eigenvalue weighted by Gasteiger charge is -2.42. The first-order valence-electron chi connectivity index (χ1n) is 39.0. The molecule has 10 rings (SSSR count). The Kier molecular flexibility index (Phi) is 32.1. The fraction of sp³-hybridized carbons (Fsp3) is 0.398. The molecule has 35 nitrogen and oxygen atoms in total. The van der Waals surface area contributed by atoms with Crippen LogP contribution in [0.2, 0.25) is 5.02 Å². The van der Waals surface area contributed by atoms with E-state index >= 15 is 0 Å². The number of halogens is 2. The Labute approximate surface area is 711 Å². The minimum atomic E-state index is -4.85. The standard InChI is InChI=1S/C83H96ClFN14O21S2/c1-48(2)72(95-66(100)27-36-116-37-33-98-68(102)39-49(3)79(98)105)76(104)94-60(15-12-28-88-82(86)110)75(103)92-56-23-20-53(54(40-56)42-96(5)83(111)119-45-61(80(106)107)93-67(101)46-122(112,113)114)43-99(6)34-30-97(31-35-99)32-38-117-64-25-24-58(50(4)71(64)84)69-70-77(89-47-90-78(70)121-73(69)51-18-21-55(85)22-19-51)120-65(81(108)109)41-52-13-8-10-16-62(52)118-44-57-26-29-87-74(91-57)59-14-9-11-17-63(59)115-7/h8-11,13-14,16-26,29,40,47-49,60-61,65,72H,12,15,27-28,30-39,41-46H2,1-7H3,(H9-,86,88,92,93,94,95,100,101,103,104,106,107,108,109,110,112,113,114)/p+1/t49?,60-,61-,65+,72-/m0/s1. The number of aromatic nitrogens is 4. The molecule has 39 heteroatoms. The Morgan fingerprint density at radius 1 is 0.803 bits per heavy atom. The number of hydrogen-bond acceptors (Lipinski definition) is 24. The van der Waals surface area contributed by atoms with Gasteiger partial charge in [0.05, 0.1) is 68.7 Å². The number of carbonyl (C=O) groups excluding carboxylic acids is 8. The van der Waals surface area contributed by atoms with E-state index in [2.05, 4.69) is 41.1 Å². The Morgan fingerprint density at radius 2 is 1.53 bits per heavy atom. The number of piperazine rings is 1. The van der Waals surface area contributed by atoms with Crippen molar-refractivity contribution in [1.82, 2.24) is 55.9 Å². The first-order chi connectivity index (χ1) is 58.1. The number of methoxy groups -OCH3 is 1. The number of carbonyl (C=O) groups is 10. The number of nitrogens with one attached hydrogen (secondary N) is 5. The maximum atomic E-state index is 14.6. The fourth-order valence-electron chi connectivity index (χ4n) is 13.8. The van der Waals surface area contributed by atoms with Crippen LogP contribution in [-0.4, -0.2) is 245 Å². The van der Waals surface area contributed by atoms with Crippen molar-refractivity contribution in [2.45, 2.75) is 104 Å². The molecule has 10 N–H and O–H groups in total. The molecule has 9 amide bonds. The third-order valence-corrected chi connectivity index (χ3v) is 22.7. The molecule has 5 atom stereocenters. The highest BCUT2D eigenvalue weighted by atomic mass is 35.5. The van der Waals surface area contributed by atoms with Crippen molar-refractivity contribution < 1.29 is 108 Å². The molecule has 8 aromatic rings. The van der Waals surface area contributed by atoms with Gasteiger partial charge in [-0.15, -0.1) is 11.3 Å². The van der Waals surface area contributed by atoms with Crippen LogP contribution in [0.5, 0.6) is 23.1 Å². The Hall–Kier alpha value is -12.1. The molecular weight excluding hydrogens is 1650 g/mol. The fourth-order valence-corrected chi connectivity index (χ4v) is 15.6. The number of urea groups is 1. The number of rotatable bonds is 42. The lowest BCUT2D eigenvalue weighted by atomic mass is 9.96. The molecule has 2 fully saturated rings. The zero-order chi connectivity index (χ0) is 88.1. The van der Waals surface area contributed by atoms with E-state index in [1.807, 2.05) is 49.6 Å². The summed E-state index contributed by atoms with van der Waals surface area (Å²) in [6.07, 6.45) is 0.189.